The Morgan fingerprint density at radius 2 is 1.82 bits per heavy atom. The zero-order valence-electron chi connectivity index (χ0n) is 13.0. The van der Waals surface area contributed by atoms with Crippen LogP contribution < -0.4 is 5.32 Å². The van der Waals surface area contributed by atoms with Crippen LogP contribution in [0.3, 0.4) is 0 Å². The van der Waals surface area contributed by atoms with Gasteiger partial charge in [-0.3, -0.25) is 4.79 Å². The first-order valence-corrected chi connectivity index (χ1v) is 10.1. The molecule has 1 aromatic carbocycles. The van der Waals surface area contributed by atoms with Crippen molar-refractivity contribution in [3.05, 3.63) is 18.2 Å². The number of carbonyl (C=O) groups is 1. The van der Waals surface area contributed by atoms with E-state index in [1.54, 1.807) is 22.5 Å². The van der Waals surface area contributed by atoms with Crippen LogP contribution in [-0.2, 0) is 14.8 Å². The van der Waals surface area contributed by atoms with Crippen molar-refractivity contribution in [3.8, 4) is 0 Å². The minimum atomic E-state index is -3.50. The molecule has 1 amide bonds. The average molecular weight is 342 g/mol. The Morgan fingerprint density at radius 1 is 1.18 bits per heavy atom. The molecule has 0 spiro atoms. The van der Waals surface area contributed by atoms with Gasteiger partial charge in [0.1, 0.15) is 0 Å². The molecule has 0 aliphatic carbocycles. The molecule has 1 fully saturated rings. The molecule has 1 aliphatic rings. The summed E-state index contributed by atoms with van der Waals surface area (Å²) in [6.07, 6.45) is 5.86. The first-order chi connectivity index (χ1) is 10.4. The molecular weight excluding hydrogens is 320 g/mol. The second kappa shape index (κ2) is 7.48. The predicted molar refractivity (Wildman–Crippen MR) is 89.8 cm³/mol. The van der Waals surface area contributed by atoms with E-state index in [1.807, 2.05) is 6.26 Å². The van der Waals surface area contributed by atoms with Gasteiger partial charge in [0.05, 0.1) is 10.6 Å². The van der Waals surface area contributed by atoms with E-state index in [-0.39, 0.29) is 10.8 Å². The Bertz CT molecular complexity index is 636. The van der Waals surface area contributed by atoms with E-state index >= 15 is 0 Å². The molecule has 22 heavy (non-hydrogen) atoms. The van der Waals surface area contributed by atoms with Crippen molar-refractivity contribution in [3.63, 3.8) is 0 Å². The highest BCUT2D eigenvalue weighted by Gasteiger charge is 2.25. The third-order valence-electron chi connectivity index (χ3n) is 3.68. The third kappa shape index (κ3) is 4.02. The summed E-state index contributed by atoms with van der Waals surface area (Å²) < 4.78 is 27.1. The molecule has 0 radical (unpaired) electrons. The van der Waals surface area contributed by atoms with Gasteiger partial charge in [0.15, 0.2) is 0 Å². The Kier molecular flexibility index (Phi) is 5.88. The van der Waals surface area contributed by atoms with E-state index in [4.69, 9.17) is 0 Å². The summed E-state index contributed by atoms with van der Waals surface area (Å²) in [6, 6.07) is 4.94. The molecule has 1 heterocycles. The number of nitrogens with one attached hydrogen (secondary N) is 1. The predicted octanol–water partition coefficient (Wildman–Crippen LogP) is 2.93. The van der Waals surface area contributed by atoms with Crippen LogP contribution in [0.25, 0.3) is 0 Å². The minimum absolute atomic E-state index is 0.209. The van der Waals surface area contributed by atoms with E-state index in [1.165, 1.54) is 18.7 Å². The van der Waals surface area contributed by atoms with E-state index in [9.17, 15) is 13.2 Å². The molecule has 7 heteroatoms. The molecule has 1 aliphatic heterocycles. The zero-order chi connectivity index (χ0) is 16.2. The maximum absolute atomic E-state index is 12.8. The Labute approximate surface area is 136 Å². The summed E-state index contributed by atoms with van der Waals surface area (Å²) in [5.74, 6) is -0.209. The van der Waals surface area contributed by atoms with Crippen LogP contribution in [0, 0.1) is 0 Å². The fraction of sp³-hybridized carbons (Fsp3) is 0.533. The summed E-state index contributed by atoms with van der Waals surface area (Å²) >= 11 is 1.47. The van der Waals surface area contributed by atoms with E-state index in [0.29, 0.717) is 18.8 Å². The average Bonchev–Trinajstić information content (AvgIpc) is 2.76. The molecule has 1 aromatic rings. The number of benzene rings is 1. The summed E-state index contributed by atoms with van der Waals surface area (Å²) in [7, 11) is -3.50. The Morgan fingerprint density at radius 3 is 2.36 bits per heavy atom. The molecule has 5 nitrogen and oxygen atoms in total. The van der Waals surface area contributed by atoms with Gasteiger partial charge in [-0.2, -0.15) is 4.31 Å². The standard InChI is InChI=1S/C15H22N2O3S2/c1-12(18)16-14-11-13(7-8-15(14)21-2)22(19,20)17-9-5-3-4-6-10-17/h7-8,11H,3-6,9-10H2,1-2H3,(H,16,18). The molecule has 1 N–H and O–H groups in total. The quantitative estimate of drug-likeness (QED) is 0.855. The lowest BCUT2D eigenvalue weighted by Crippen LogP contribution is -2.32. The fourth-order valence-electron chi connectivity index (χ4n) is 2.57. The van der Waals surface area contributed by atoms with Gasteiger partial charge in [0.2, 0.25) is 15.9 Å². The SMILES string of the molecule is CSc1ccc(S(=O)(=O)N2CCCCCC2)cc1NC(C)=O. The molecule has 0 saturated carbocycles. The molecule has 122 valence electrons. The first-order valence-electron chi connectivity index (χ1n) is 7.41. The molecule has 0 unspecified atom stereocenters. The highest BCUT2D eigenvalue weighted by molar-refractivity contribution is 7.98. The van der Waals surface area contributed by atoms with Crippen molar-refractivity contribution in [2.24, 2.45) is 0 Å². The van der Waals surface area contributed by atoms with Crippen molar-refractivity contribution in [1.29, 1.82) is 0 Å². The van der Waals surface area contributed by atoms with Crippen LogP contribution in [-0.4, -0.2) is 38.0 Å². The number of nitrogens with zero attached hydrogens (tertiary/aromatic N) is 1. The molecular formula is C15H22N2O3S2. The van der Waals surface area contributed by atoms with Crippen molar-refractivity contribution < 1.29 is 13.2 Å². The molecule has 0 aromatic heterocycles. The van der Waals surface area contributed by atoms with Gasteiger partial charge in [-0.05, 0) is 37.3 Å². The van der Waals surface area contributed by atoms with Crippen molar-refractivity contribution in [2.45, 2.75) is 42.4 Å². The third-order valence-corrected chi connectivity index (χ3v) is 6.37. The number of amides is 1. The van der Waals surface area contributed by atoms with Gasteiger partial charge in [0.25, 0.3) is 0 Å². The largest absolute Gasteiger partial charge is 0.325 e. The summed E-state index contributed by atoms with van der Waals surface area (Å²) in [5, 5.41) is 2.71. The number of hydrogen-bond donors (Lipinski definition) is 1. The monoisotopic (exact) mass is 342 g/mol. The minimum Gasteiger partial charge on any atom is -0.325 e. The van der Waals surface area contributed by atoms with Gasteiger partial charge in [-0.25, -0.2) is 8.42 Å². The number of thioether (sulfide) groups is 1. The van der Waals surface area contributed by atoms with Crippen LogP contribution in [0.1, 0.15) is 32.6 Å². The van der Waals surface area contributed by atoms with E-state index in [0.717, 1.165) is 30.6 Å². The van der Waals surface area contributed by atoms with Crippen molar-refractivity contribution >= 4 is 33.4 Å². The molecule has 0 bridgehead atoms. The molecule has 1 saturated heterocycles. The van der Waals surface area contributed by atoms with Crippen LogP contribution in [0.15, 0.2) is 28.0 Å². The van der Waals surface area contributed by atoms with E-state index in [2.05, 4.69) is 5.32 Å². The maximum Gasteiger partial charge on any atom is 0.243 e. The number of hydrogen-bond acceptors (Lipinski definition) is 4. The zero-order valence-corrected chi connectivity index (χ0v) is 14.6. The van der Waals surface area contributed by atoms with Crippen molar-refractivity contribution in [1.82, 2.24) is 4.31 Å². The number of sulfonamides is 1. The molecule has 2 rings (SSSR count). The van der Waals surface area contributed by atoms with Crippen molar-refractivity contribution in [2.75, 3.05) is 24.7 Å². The normalized spacial score (nSPS) is 17.0. The second-order valence-electron chi connectivity index (χ2n) is 5.36. The van der Waals surface area contributed by atoms with Gasteiger partial charge >= 0.3 is 0 Å². The van der Waals surface area contributed by atoms with Crippen LogP contribution in [0.4, 0.5) is 5.69 Å². The van der Waals surface area contributed by atoms with Gasteiger partial charge in [-0.15, -0.1) is 11.8 Å². The lowest BCUT2D eigenvalue weighted by atomic mass is 10.2. The second-order valence-corrected chi connectivity index (χ2v) is 8.15. The number of anilines is 1. The highest BCUT2D eigenvalue weighted by atomic mass is 32.2. The summed E-state index contributed by atoms with van der Waals surface area (Å²) in [4.78, 5) is 12.4. The highest BCUT2D eigenvalue weighted by Crippen LogP contribution is 2.30. The molecule has 0 atom stereocenters. The van der Waals surface area contributed by atoms with Crippen LogP contribution >= 0.6 is 11.8 Å². The first kappa shape index (κ1) is 17.3. The van der Waals surface area contributed by atoms with Crippen LogP contribution in [0.2, 0.25) is 0 Å². The fourth-order valence-corrected chi connectivity index (χ4v) is 4.64. The van der Waals surface area contributed by atoms with Gasteiger partial charge < -0.3 is 5.32 Å². The van der Waals surface area contributed by atoms with Gasteiger partial charge in [-0.1, -0.05) is 12.8 Å². The lowest BCUT2D eigenvalue weighted by Gasteiger charge is -2.20. The van der Waals surface area contributed by atoms with E-state index < -0.39 is 10.0 Å². The summed E-state index contributed by atoms with van der Waals surface area (Å²) in [5.41, 5.74) is 0.552. The maximum atomic E-state index is 12.8. The van der Waals surface area contributed by atoms with Crippen LogP contribution in [0.5, 0.6) is 0 Å². The lowest BCUT2D eigenvalue weighted by molar-refractivity contribution is -0.114. The Balaban J connectivity index is 2.35. The number of carbonyl (C=O) groups excluding carboxylic acids is 1. The number of rotatable bonds is 4. The smallest absolute Gasteiger partial charge is 0.243 e. The topological polar surface area (TPSA) is 66.5 Å². The summed E-state index contributed by atoms with van der Waals surface area (Å²) in [6.45, 7) is 2.56. The Hall–Kier alpha value is -1.05. The van der Waals surface area contributed by atoms with Gasteiger partial charge in [0, 0.05) is 24.9 Å².